The lowest BCUT2D eigenvalue weighted by molar-refractivity contribution is -0.137. The van der Waals surface area contributed by atoms with Gasteiger partial charge >= 0.3 is 12.1 Å². The lowest BCUT2D eigenvalue weighted by atomic mass is 10.1. The average Bonchev–Trinajstić information content (AvgIpc) is 2.81. The van der Waals surface area contributed by atoms with Crippen LogP contribution in [0.25, 0.3) is 10.9 Å². The van der Waals surface area contributed by atoms with E-state index in [1.165, 1.54) is 24.5 Å². The van der Waals surface area contributed by atoms with Crippen LogP contribution in [0.4, 0.5) is 18.9 Å². The van der Waals surface area contributed by atoms with E-state index in [1.54, 1.807) is 31.2 Å². The molecule has 0 atom stereocenters. The van der Waals surface area contributed by atoms with Crippen molar-refractivity contribution in [2.45, 2.75) is 24.5 Å². The van der Waals surface area contributed by atoms with Crippen LogP contribution in [-0.4, -0.2) is 29.5 Å². The van der Waals surface area contributed by atoms with Gasteiger partial charge in [-0.3, -0.25) is 14.3 Å². The predicted molar refractivity (Wildman–Crippen MR) is 122 cm³/mol. The fraction of sp³-hybridized carbons (Fsp3) is 0.125. The number of rotatable bonds is 6. The topological polar surface area (TPSA) is 100 Å². The SMILES string of the molecule is Cc1ccc(S(=O)(=O)N(Cc2cccnc2)c2c(C(=O)O)cnc3cc(C(F)(F)F)ccc23)cc1. The van der Waals surface area contributed by atoms with E-state index in [0.29, 0.717) is 5.56 Å². The van der Waals surface area contributed by atoms with E-state index in [9.17, 15) is 31.5 Å². The summed E-state index contributed by atoms with van der Waals surface area (Å²) in [6.45, 7) is 1.46. The molecular formula is C24H18F3N3O4S. The van der Waals surface area contributed by atoms with Gasteiger partial charge in [-0.1, -0.05) is 29.8 Å². The number of carboxylic acids is 1. The van der Waals surface area contributed by atoms with Crippen molar-refractivity contribution in [3.63, 3.8) is 0 Å². The molecule has 2 aromatic carbocycles. The van der Waals surface area contributed by atoms with Crippen LogP contribution in [0, 0.1) is 6.92 Å². The Morgan fingerprint density at radius 2 is 1.77 bits per heavy atom. The molecule has 11 heteroatoms. The molecule has 0 spiro atoms. The molecule has 4 aromatic rings. The quantitative estimate of drug-likeness (QED) is 0.397. The van der Waals surface area contributed by atoms with Gasteiger partial charge in [-0.05, 0) is 42.8 Å². The number of aryl methyl sites for hydroxylation is 1. The molecule has 0 unspecified atom stereocenters. The Morgan fingerprint density at radius 3 is 2.37 bits per heavy atom. The monoisotopic (exact) mass is 501 g/mol. The highest BCUT2D eigenvalue weighted by Crippen LogP contribution is 2.38. The molecule has 180 valence electrons. The van der Waals surface area contributed by atoms with Crippen molar-refractivity contribution in [1.29, 1.82) is 0 Å². The molecule has 0 aliphatic carbocycles. The van der Waals surface area contributed by atoms with Crippen LogP contribution in [0.5, 0.6) is 0 Å². The summed E-state index contributed by atoms with van der Waals surface area (Å²) in [6, 6.07) is 11.7. The minimum atomic E-state index is -4.66. The third-order valence-corrected chi connectivity index (χ3v) is 7.07. The zero-order valence-corrected chi connectivity index (χ0v) is 19.0. The van der Waals surface area contributed by atoms with E-state index in [0.717, 1.165) is 34.3 Å². The number of anilines is 1. The number of aromatic nitrogens is 2. The smallest absolute Gasteiger partial charge is 0.416 e. The number of carbonyl (C=O) groups is 1. The molecule has 2 aromatic heterocycles. The molecule has 7 nitrogen and oxygen atoms in total. The standard InChI is InChI=1S/C24H18F3N3O4S/c1-15-4-7-18(8-5-15)35(33,34)30(14-16-3-2-10-28-12-16)22-19-9-6-17(24(25,26)27)11-21(19)29-13-20(22)23(31)32/h2-13H,14H2,1H3,(H,31,32). The second-order valence-electron chi connectivity index (χ2n) is 7.74. The van der Waals surface area contributed by atoms with Crippen molar-refractivity contribution >= 4 is 32.6 Å². The highest BCUT2D eigenvalue weighted by Gasteiger charge is 2.34. The van der Waals surface area contributed by atoms with E-state index in [1.807, 2.05) is 0 Å². The molecule has 0 aliphatic rings. The fourth-order valence-electron chi connectivity index (χ4n) is 3.56. The van der Waals surface area contributed by atoms with Gasteiger partial charge in [0.15, 0.2) is 0 Å². The molecule has 1 N–H and O–H groups in total. The average molecular weight is 501 g/mol. The van der Waals surface area contributed by atoms with Gasteiger partial charge in [0, 0.05) is 24.0 Å². The summed E-state index contributed by atoms with van der Waals surface area (Å²) < 4.78 is 68.3. The highest BCUT2D eigenvalue weighted by atomic mass is 32.2. The van der Waals surface area contributed by atoms with Gasteiger partial charge in [0.25, 0.3) is 10.0 Å². The maximum absolute atomic E-state index is 13.8. The summed E-state index contributed by atoms with van der Waals surface area (Å²) in [6.07, 6.45) is -0.888. The van der Waals surface area contributed by atoms with Crippen LogP contribution < -0.4 is 4.31 Å². The van der Waals surface area contributed by atoms with E-state index >= 15 is 0 Å². The molecule has 0 aliphatic heterocycles. The normalized spacial score (nSPS) is 12.0. The first kappa shape index (κ1) is 24.1. The van der Waals surface area contributed by atoms with Crippen molar-refractivity contribution in [3.8, 4) is 0 Å². The van der Waals surface area contributed by atoms with Crippen molar-refractivity contribution in [3.05, 3.63) is 95.4 Å². The number of aromatic carboxylic acids is 1. The van der Waals surface area contributed by atoms with Crippen molar-refractivity contribution in [2.75, 3.05) is 4.31 Å². The van der Waals surface area contributed by atoms with Gasteiger partial charge < -0.3 is 5.11 Å². The lowest BCUT2D eigenvalue weighted by Crippen LogP contribution is -2.32. The number of halogens is 3. The minimum Gasteiger partial charge on any atom is -0.478 e. The van der Waals surface area contributed by atoms with E-state index in [2.05, 4.69) is 9.97 Å². The highest BCUT2D eigenvalue weighted by molar-refractivity contribution is 7.92. The third kappa shape index (κ3) is 4.80. The summed E-state index contributed by atoms with van der Waals surface area (Å²) >= 11 is 0. The molecule has 0 saturated heterocycles. The summed E-state index contributed by atoms with van der Waals surface area (Å²) in [7, 11) is -4.36. The maximum atomic E-state index is 13.8. The van der Waals surface area contributed by atoms with Crippen LogP contribution in [0.1, 0.15) is 27.0 Å². The van der Waals surface area contributed by atoms with E-state index in [4.69, 9.17) is 0 Å². The molecule has 4 rings (SSSR count). The second kappa shape index (κ2) is 8.99. The number of nitrogens with zero attached hydrogens (tertiary/aromatic N) is 3. The van der Waals surface area contributed by atoms with Crippen LogP contribution in [0.15, 0.2) is 78.1 Å². The molecule has 0 bridgehead atoms. The number of hydrogen-bond donors (Lipinski definition) is 1. The molecular weight excluding hydrogens is 483 g/mol. The maximum Gasteiger partial charge on any atom is 0.416 e. The molecule has 0 amide bonds. The number of fused-ring (bicyclic) bond motifs is 1. The number of pyridine rings is 2. The zero-order chi connectivity index (χ0) is 25.4. The van der Waals surface area contributed by atoms with Gasteiger partial charge in [0.05, 0.1) is 28.2 Å². The summed E-state index contributed by atoms with van der Waals surface area (Å²) in [4.78, 5) is 19.9. The van der Waals surface area contributed by atoms with Crippen molar-refractivity contribution < 1.29 is 31.5 Å². The number of alkyl halides is 3. The Hall–Kier alpha value is -3.99. The van der Waals surface area contributed by atoms with Crippen molar-refractivity contribution in [1.82, 2.24) is 9.97 Å². The van der Waals surface area contributed by atoms with Crippen molar-refractivity contribution in [2.24, 2.45) is 0 Å². The number of sulfonamides is 1. The van der Waals surface area contributed by atoms with Gasteiger partial charge in [-0.2, -0.15) is 13.2 Å². The Balaban J connectivity index is 2.02. The predicted octanol–water partition coefficient (Wildman–Crippen LogP) is 5.05. The fourth-order valence-corrected chi connectivity index (χ4v) is 5.05. The van der Waals surface area contributed by atoms with Crippen LogP contribution in [-0.2, 0) is 22.7 Å². The molecule has 2 heterocycles. The number of carboxylic acid groups (broad SMARTS) is 1. The Labute approximate surface area is 198 Å². The van der Waals surface area contributed by atoms with Crippen LogP contribution in [0.3, 0.4) is 0 Å². The lowest BCUT2D eigenvalue weighted by Gasteiger charge is -2.27. The van der Waals surface area contributed by atoms with E-state index in [-0.39, 0.29) is 28.0 Å². The molecule has 0 radical (unpaired) electrons. The molecule has 0 saturated carbocycles. The van der Waals surface area contributed by atoms with Gasteiger partial charge in [-0.15, -0.1) is 0 Å². The van der Waals surface area contributed by atoms with E-state index < -0.39 is 33.3 Å². The first-order valence-electron chi connectivity index (χ1n) is 10.2. The first-order chi connectivity index (χ1) is 16.5. The van der Waals surface area contributed by atoms with Gasteiger partial charge in [-0.25, -0.2) is 13.2 Å². The Bertz CT molecular complexity index is 1510. The zero-order valence-electron chi connectivity index (χ0n) is 18.2. The van der Waals surface area contributed by atoms with Crippen LogP contribution >= 0.6 is 0 Å². The third-order valence-electron chi connectivity index (χ3n) is 5.31. The summed E-state index contributed by atoms with van der Waals surface area (Å²) in [5.74, 6) is -1.48. The first-order valence-corrected chi connectivity index (χ1v) is 11.6. The summed E-state index contributed by atoms with van der Waals surface area (Å²) in [5.41, 5.74) is -0.709. The number of benzene rings is 2. The summed E-state index contributed by atoms with van der Waals surface area (Å²) in [5, 5.41) is 9.78. The molecule has 0 fully saturated rings. The van der Waals surface area contributed by atoms with Gasteiger partial charge in [0.1, 0.15) is 5.56 Å². The largest absolute Gasteiger partial charge is 0.478 e. The Kier molecular flexibility index (Phi) is 6.20. The van der Waals surface area contributed by atoms with Crippen LogP contribution in [0.2, 0.25) is 0 Å². The second-order valence-corrected chi connectivity index (χ2v) is 9.60. The Morgan fingerprint density at radius 1 is 1.06 bits per heavy atom. The minimum absolute atomic E-state index is 0.0579. The number of hydrogen-bond acceptors (Lipinski definition) is 5. The van der Waals surface area contributed by atoms with Gasteiger partial charge in [0.2, 0.25) is 0 Å². The molecule has 35 heavy (non-hydrogen) atoms.